The topological polar surface area (TPSA) is 161 Å². The third-order valence-electron chi connectivity index (χ3n) is 6.23. The Morgan fingerprint density at radius 1 is 0.533 bits per heavy atom. The van der Waals surface area contributed by atoms with Gasteiger partial charge in [-0.25, -0.2) is 23.7 Å². The smallest absolute Gasteiger partial charge is 0.462 e. The van der Waals surface area contributed by atoms with Gasteiger partial charge in [0.2, 0.25) is 0 Å². The van der Waals surface area contributed by atoms with Gasteiger partial charge in [-0.3, -0.25) is 4.89 Å². The van der Waals surface area contributed by atoms with Crippen LogP contribution in [0, 0.1) is 0 Å². The summed E-state index contributed by atoms with van der Waals surface area (Å²) in [4.78, 5) is 61.5. The number of hydrogen-bond donors (Lipinski definition) is 1. The third kappa shape index (κ3) is 12.6. The lowest BCUT2D eigenvalue weighted by Crippen LogP contribution is -2.16. The number of carbonyl (C=O) groups is 4. The molecule has 0 radical (unpaired) electrons. The van der Waals surface area contributed by atoms with E-state index in [1.807, 2.05) is 27.7 Å². The van der Waals surface area contributed by atoms with Crippen LogP contribution in [0.2, 0.25) is 0 Å². The SMILES string of the molecule is CCCCOC(=O)c1ccc(OP(=O)(O)Oc2ccc(C(=O)OCCCC)c(C(=O)OCCCC)c2)cc1C(=O)OCCCC. The van der Waals surface area contributed by atoms with Crippen LogP contribution >= 0.6 is 7.82 Å². The van der Waals surface area contributed by atoms with Gasteiger partial charge in [-0.05, 0) is 62.1 Å². The normalized spacial score (nSPS) is 11.0. The summed E-state index contributed by atoms with van der Waals surface area (Å²) in [5.41, 5.74) is -0.621. The minimum absolute atomic E-state index is 0.0960. The molecule has 2 aromatic rings. The number of esters is 4. The van der Waals surface area contributed by atoms with Crippen LogP contribution < -0.4 is 9.05 Å². The summed E-state index contributed by atoms with van der Waals surface area (Å²) in [6.07, 6.45) is 5.60. The average molecular weight is 651 g/mol. The van der Waals surface area contributed by atoms with Gasteiger partial charge < -0.3 is 28.0 Å². The van der Waals surface area contributed by atoms with Crippen molar-refractivity contribution in [3.05, 3.63) is 58.7 Å². The molecule has 0 saturated carbocycles. The maximum Gasteiger partial charge on any atom is 0.584 e. The Bertz CT molecular complexity index is 1240. The van der Waals surface area contributed by atoms with Gasteiger partial charge in [0.15, 0.2) is 0 Å². The summed E-state index contributed by atoms with van der Waals surface area (Å²) in [5.74, 6) is -3.73. The number of ether oxygens (including phenoxy) is 4. The van der Waals surface area contributed by atoms with E-state index >= 15 is 0 Å². The Morgan fingerprint density at radius 3 is 1.11 bits per heavy atom. The Morgan fingerprint density at radius 2 is 0.822 bits per heavy atom. The van der Waals surface area contributed by atoms with E-state index in [1.54, 1.807) is 0 Å². The van der Waals surface area contributed by atoms with Crippen molar-refractivity contribution >= 4 is 31.7 Å². The summed E-state index contributed by atoms with van der Waals surface area (Å²) in [5, 5.41) is 0. The fraction of sp³-hybridized carbons (Fsp3) is 0.500. The zero-order valence-electron chi connectivity index (χ0n) is 26.3. The highest BCUT2D eigenvalue weighted by Crippen LogP contribution is 2.45. The lowest BCUT2D eigenvalue weighted by molar-refractivity contribution is 0.0452. The number of carbonyl (C=O) groups excluding carboxylic acids is 4. The van der Waals surface area contributed by atoms with E-state index in [9.17, 15) is 28.6 Å². The summed E-state index contributed by atoms with van der Waals surface area (Å²) in [7, 11) is -4.95. The number of hydrogen-bond acceptors (Lipinski definition) is 11. The van der Waals surface area contributed by atoms with Crippen LogP contribution in [0.15, 0.2) is 36.4 Å². The van der Waals surface area contributed by atoms with E-state index in [4.69, 9.17) is 28.0 Å². The molecule has 0 amide bonds. The lowest BCUT2D eigenvalue weighted by Gasteiger charge is -2.17. The molecular formula is C32H43O12P. The van der Waals surface area contributed by atoms with Gasteiger partial charge in [-0.1, -0.05) is 53.4 Å². The van der Waals surface area contributed by atoms with Crippen LogP contribution in [-0.4, -0.2) is 55.2 Å². The molecule has 0 atom stereocenters. The van der Waals surface area contributed by atoms with Gasteiger partial charge in [-0.2, -0.15) is 0 Å². The Hall–Kier alpha value is -3.89. The minimum Gasteiger partial charge on any atom is -0.462 e. The number of rotatable bonds is 20. The molecule has 248 valence electrons. The Kier molecular flexibility index (Phi) is 16.2. The van der Waals surface area contributed by atoms with Crippen molar-refractivity contribution in [3.8, 4) is 11.5 Å². The largest absolute Gasteiger partial charge is 0.584 e. The molecular weight excluding hydrogens is 607 g/mol. The Balaban J connectivity index is 2.34. The van der Waals surface area contributed by atoms with Crippen LogP contribution in [0.4, 0.5) is 0 Å². The van der Waals surface area contributed by atoms with Crippen LogP contribution in [0.5, 0.6) is 11.5 Å². The molecule has 0 saturated heterocycles. The number of phosphoric ester groups is 1. The first-order chi connectivity index (χ1) is 21.6. The molecule has 0 aliphatic rings. The first kappa shape index (κ1) is 37.3. The molecule has 0 aliphatic heterocycles. The summed E-state index contributed by atoms with van der Waals surface area (Å²) in [6, 6.07) is 7.04. The maximum absolute atomic E-state index is 13.0. The standard InChI is InChI=1S/C32H43O12P/c1-5-9-17-39-29(33)25-15-13-23(21-27(25)31(35)41-19-11-7-3)43-45(37,38)44-24-14-16-26(30(34)40-18-10-6-2)28(22-24)32(36)42-20-12-8-4/h13-16,21-22H,5-12,17-20H2,1-4H3,(H,37,38). The molecule has 0 aromatic heterocycles. The van der Waals surface area contributed by atoms with E-state index in [0.29, 0.717) is 25.7 Å². The van der Waals surface area contributed by atoms with E-state index in [-0.39, 0.29) is 60.2 Å². The zero-order valence-corrected chi connectivity index (χ0v) is 27.2. The van der Waals surface area contributed by atoms with Gasteiger partial charge in [-0.15, -0.1) is 0 Å². The fourth-order valence-electron chi connectivity index (χ4n) is 3.69. The first-order valence-electron chi connectivity index (χ1n) is 15.2. The van der Waals surface area contributed by atoms with Crippen molar-refractivity contribution in [2.24, 2.45) is 0 Å². The van der Waals surface area contributed by atoms with Gasteiger partial charge in [0.05, 0.1) is 48.7 Å². The highest BCUT2D eigenvalue weighted by molar-refractivity contribution is 7.48. The highest BCUT2D eigenvalue weighted by Gasteiger charge is 2.29. The molecule has 0 unspecified atom stereocenters. The van der Waals surface area contributed by atoms with Crippen molar-refractivity contribution in [3.63, 3.8) is 0 Å². The molecule has 1 N–H and O–H groups in total. The van der Waals surface area contributed by atoms with E-state index in [0.717, 1.165) is 37.8 Å². The predicted molar refractivity (Wildman–Crippen MR) is 165 cm³/mol. The fourth-order valence-corrected chi connectivity index (χ4v) is 4.48. The second kappa shape index (κ2) is 19.5. The van der Waals surface area contributed by atoms with Gasteiger partial charge in [0.25, 0.3) is 0 Å². The van der Waals surface area contributed by atoms with Crippen molar-refractivity contribution in [1.29, 1.82) is 0 Å². The number of unbranched alkanes of at least 4 members (excludes halogenated alkanes) is 4. The molecule has 2 aromatic carbocycles. The monoisotopic (exact) mass is 650 g/mol. The van der Waals surface area contributed by atoms with Gasteiger partial charge in [0.1, 0.15) is 11.5 Å². The molecule has 0 heterocycles. The van der Waals surface area contributed by atoms with E-state index in [2.05, 4.69) is 0 Å². The number of phosphoric acid groups is 1. The third-order valence-corrected chi connectivity index (χ3v) is 7.11. The molecule has 12 nitrogen and oxygen atoms in total. The van der Waals surface area contributed by atoms with Crippen LogP contribution in [-0.2, 0) is 23.5 Å². The second-order valence-corrected chi connectivity index (χ2v) is 11.3. The molecule has 13 heteroatoms. The molecule has 0 spiro atoms. The molecule has 2 rings (SSSR count). The van der Waals surface area contributed by atoms with Crippen molar-refractivity contribution in [1.82, 2.24) is 0 Å². The van der Waals surface area contributed by atoms with Gasteiger partial charge in [0, 0.05) is 0 Å². The zero-order chi connectivity index (χ0) is 33.2. The van der Waals surface area contributed by atoms with Crippen molar-refractivity contribution < 1.29 is 56.6 Å². The van der Waals surface area contributed by atoms with Crippen LogP contribution in [0.3, 0.4) is 0 Å². The summed E-state index contributed by atoms with van der Waals surface area (Å²) in [6.45, 7) is 8.23. The predicted octanol–water partition coefficient (Wildman–Crippen LogP) is 7.07. The summed E-state index contributed by atoms with van der Waals surface area (Å²) < 4.78 is 44.4. The second-order valence-electron chi connectivity index (χ2n) is 10.0. The van der Waals surface area contributed by atoms with E-state index in [1.165, 1.54) is 24.3 Å². The van der Waals surface area contributed by atoms with E-state index < -0.39 is 31.7 Å². The van der Waals surface area contributed by atoms with Gasteiger partial charge >= 0.3 is 31.7 Å². The quantitative estimate of drug-likeness (QED) is 0.0672. The number of benzene rings is 2. The first-order valence-corrected chi connectivity index (χ1v) is 16.7. The summed E-state index contributed by atoms with van der Waals surface area (Å²) >= 11 is 0. The molecule has 0 fully saturated rings. The average Bonchev–Trinajstić information content (AvgIpc) is 3.00. The molecule has 0 bridgehead atoms. The molecule has 45 heavy (non-hydrogen) atoms. The molecule has 0 aliphatic carbocycles. The highest BCUT2D eigenvalue weighted by atomic mass is 31.2. The minimum atomic E-state index is -4.95. The lowest BCUT2D eigenvalue weighted by atomic mass is 10.1. The van der Waals surface area contributed by atoms with Crippen molar-refractivity contribution in [2.75, 3.05) is 26.4 Å². The maximum atomic E-state index is 13.0. The van der Waals surface area contributed by atoms with Crippen LogP contribution in [0.25, 0.3) is 0 Å². The Labute approximate surface area is 263 Å². The van der Waals surface area contributed by atoms with Crippen LogP contribution in [0.1, 0.15) is 120 Å². The van der Waals surface area contributed by atoms with Crippen molar-refractivity contribution in [2.45, 2.75) is 79.1 Å².